The van der Waals surface area contributed by atoms with E-state index in [1.165, 1.54) is 25.3 Å². The summed E-state index contributed by atoms with van der Waals surface area (Å²) in [5.41, 5.74) is 0.441. The number of hydrogen-bond acceptors (Lipinski definition) is 14. The number of phenolic OH excluding ortho intramolecular Hbond substituents is 2. The second kappa shape index (κ2) is 12.1. The molecule has 2 saturated heterocycles. The first-order valence-electron chi connectivity index (χ1n) is 10.9. The monoisotopic (exact) mass is 508 g/mol. The number of rotatable bonds is 9. The lowest BCUT2D eigenvalue weighted by Crippen LogP contribution is -2.61. The summed E-state index contributed by atoms with van der Waals surface area (Å²) >= 11 is 0. The van der Waals surface area contributed by atoms with Gasteiger partial charge >= 0.3 is 0 Å². The summed E-state index contributed by atoms with van der Waals surface area (Å²) in [5.74, 6) is -0.697. The lowest BCUT2D eigenvalue weighted by Gasteiger charge is -2.42. The Hall–Kier alpha value is -1.66. The van der Waals surface area contributed by atoms with Gasteiger partial charge in [-0.05, 0) is 17.7 Å². The standard InChI is InChI=1S/C21H32O14/c1-31-12(8-2-3-9(23)10(24)4-8)6-32-21-19(30)17(28)15(26)13(35-21)7-33-20-18(29)16(27)14(25)11(5-22)34-20/h2-4,11-30H,5-7H2,1H3/t11-,12-,13-,14-,15-,16+,17+,18-,19-,20+,21+/m1/s1. The topological polar surface area (TPSA) is 228 Å². The van der Waals surface area contributed by atoms with Crippen LogP contribution in [0.5, 0.6) is 11.5 Å². The highest BCUT2D eigenvalue weighted by molar-refractivity contribution is 5.41. The molecule has 0 aromatic heterocycles. The summed E-state index contributed by atoms with van der Waals surface area (Å²) in [4.78, 5) is 0. The van der Waals surface area contributed by atoms with Crippen LogP contribution in [0.2, 0.25) is 0 Å². The molecule has 2 heterocycles. The molecule has 3 rings (SSSR count). The molecule has 1 aromatic rings. The average molecular weight is 508 g/mol. The number of aliphatic hydroxyl groups is 7. The SMILES string of the molecule is CO[C@H](CO[C@H]1O[C@H](CO[C@H]2O[C@H](CO)[C@@H](O)[C@H](O)[C@H]2O)[C@@H](O)[C@H](O)[C@H]1O)c1ccc(O)c(O)c1. The van der Waals surface area contributed by atoms with Crippen LogP contribution in [-0.4, -0.2) is 134 Å². The average Bonchev–Trinajstić information content (AvgIpc) is 2.85. The Morgan fingerprint density at radius 1 is 0.771 bits per heavy atom. The van der Waals surface area contributed by atoms with Gasteiger partial charge in [0.1, 0.15) is 54.9 Å². The third-order valence-corrected chi connectivity index (χ3v) is 6.01. The van der Waals surface area contributed by atoms with Gasteiger partial charge in [-0.15, -0.1) is 0 Å². The van der Waals surface area contributed by atoms with Crippen molar-refractivity contribution in [3.8, 4) is 11.5 Å². The summed E-state index contributed by atoms with van der Waals surface area (Å²) < 4.78 is 27.0. The maximum atomic E-state index is 10.3. The highest BCUT2D eigenvalue weighted by Crippen LogP contribution is 2.31. The minimum absolute atomic E-state index is 0.217. The Kier molecular flexibility index (Phi) is 9.61. The molecule has 0 spiro atoms. The predicted molar refractivity (Wildman–Crippen MR) is 112 cm³/mol. The Balaban J connectivity index is 1.61. The maximum Gasteiger partial charge on any atom is 0.186 e. The van der Waals surface area contributed by atoms with Crippen LogP contribution >= 0.6 is 0 Å². The van der Waals surface area contributed by atoms with Crippen LogP contribution in [0.15, 0.2) is 18.2 Å². The number of ether oxygens (including phenoxy) is 5. The van der Waals surface area contributed by atoms with Crippen LogP contribution in [0.1, 0.15) is 11.7 Å². The number of phenols is 2. The van der Waals surface area contributed by atoms with Gasteiger partial charge in [0.25, 0.3) is 0 Å². The molecular weight excluding hydrogens is 476 g/mol. The molecule has 0 bridgehead atoms. The van der Waals surface area contributed by atoms with Crippen molar-refractivity contribution in [2.24, 2.45) is 0 Å². The molecule has 35 heavy (non-hydrogen) atoms. The molecular formula is C21H32O14. The number of hydrogen-bond donors (Lipinski definition) is 9. The van der Waals surface area contributed by atoms with Gasteiger partial charge in [-0.1, -0.05) is 6.07 Å². The molecule has 2 fully saturated rings. The van der Waals surface area contributed by atoms with E-state index in [0.717, 1.165) is 0 Å². The molecule has 11 atom stereocenters. The van der Waals surface area contributed by atoms with Crippen molar-refractivity contribution in [1.29, 1.82) is 0 Å². The van der Waals surface area contributed by atoms with E-state index in [9.17, 15) is 46.0 Å². The fourth-order valence-electron chi connectivity index (χ4n) is 3.81. The normalized spacial score (nSPS) is 38.9. The Bertz CT molecular complexity index is 808. The van der Waals surface area contributed by atoms with Crippen LogP contribution < -0.4 is 0 Å². The van der Waals surface area contributed by atoms with Crippen LogP contribution in [0, 0.1) is 0 Å². The Morgan fingerprint density at radius 2 is 1.34 bits per heavy atom. The molecule has 14 heteroatoms. The highest BCUT2D eigenvalue weighted by atomic mass is 16.7. The predicted octanol–water partition coefficient (Wildman–Crippen LogP) is -3.57. The zero-order valence-corrected chi connectivity index (χ0v) is 18.8. The lowest BCUT2D eigenvalue weighted by molar-refractivity contribution is -0.332. The molecule has 2 aliphatic heterocycles. The number of aromatic hydroxyl groups is 2. The quantitative estimate of drug-likeness (QED) is 0.147. The van der Waals surface area contributed by atoms with E-state index in [0.29, 0.717) is 5.56 Å². The van der Waals surface area contributed by atoms with Crippen molar-refractivity contribution >= 4 is 0 Å². The van der Waals surface area contributed by atoms with Gasteiger partial charge in [-0.25, -0.2) is 0 Å². The second-order valence-electron chi connectivity index (χ2n) is 8.35. The fourth-order valence-corrected chi connectivity index (χ4v) is 3.81. The van der Waals surface area contributed by atoms with Gasteiger partial charge in [0.15, 0.2) is 24.1 Å². The Morgan fingerprint density at radius 3 is 1.91 bits per heavy atom. The number of aliphatic hydroxyl groups excluding tert-OH is 7. The van der Waals surface area contributed by atoms with Crippen molar-refractivity contribution in [2.75, 3.05) is 26.9 Å². The summed E-state index contributed by atoms with van der Waals surface area (Å²) in [6, 6.07) is 4.01. The van der Waals surface area contributed by atoms with Crippen molar-refractivity contribution in [3.05, 3.63) is 23.8 Å². The lowest BCUT2D eigenvalue weighted by atomic mass is 9.98. The summed E-state index contributed by atoms with van der Waals surface area (Å²) in [5, 5.41) is 89.0. The minimum atomic E-state index is -1.70. The summed E-state index contributed by atoms with van der Waals surface area (Å²) in [7, 11) is 1.37. The van der Waals surface area contributed by atoms with Gasteiger partial charge < -0.3 is 69.6 Å². The van der Waals surface area contributed by atoms with E-state index in [1.807, 2.05) is 0 Å². The van der Waals surface area contributed by atoms with E-state index < -0.39 is 80.7 Å². The van der Waals surface area contributed by atoms with Crippen molar-refractivity contribution in [3.63, 3.8) is 0 Å². The van der Waals surface area contributed by atoms with Gasteiger partial charge in [0.05, 0.1) is 19.8 Å². The van der Waals surface area contributed by atoms with Gasteiger partial charge in [-0.3, -0.25) is 0 Å². The third-order valence-electron chi connectivity index (χ3n) is 6.01. The van der Waals surface area contributed by atoms with Crippen molar-refractivity contribution in [2.45, 2.75) is 67.5 Å². The van der Waals surface area contributed by atoms with Crippen LogP contribution in [0.3, 0.4) is 0 Å². The smallest absolute Gasteiger partial charge is 0.186 e. The first-order valence-corrected chi connectivity index (χ1v) is 10.9. The van der Waals surface area contributed by atoms with E-state index in [-0.39, 0.29) is 18.1 Å². The van der Waals surface area contributed by atoms with E-state index in [1.54, 1.807) is 0 Å². The molecule has 9 N–H and O–H groups in total. The molecule has 0 saturated carbocycles. The van der Waals surface area contributed by atoms with E-state index in [4.69, 9.17) is 23.7 Å². The van der Waals surface area contributed by atoms with E-state index >= 15 is 0 Å². The van der Waals surface area contributed by atoms with Crippen molar-refractivity contribution < 1.29 is 69.6 Å². The number of benzene rings is 1. The minimum Gasteiger partial charge on any atom is -0.504 e. The zero-order chi connectivity index (χ0) is 25.9. The first kappa shape index (κ1) is 27.9. The van der Waals surface area contributed by atoms with Crippen LogP contribution in [0.25, 0.3) is 0 Å². The third kappa shape index (κ3) is 6.19. The summed E-state index contributed by atoms with van der Waals surface area (Å²) in [6.07, 6.45) is -16.1. The molecule has 0 aliphatic carbocycles. The van der Waals surface area contributed by atoms with Gasteiger partial charge in [0.2, 0.25) is 0 Å². The summed E-state index contributed by atoms with van der Waals surface area (Å²) in [6.45, 7) is -1.37. The van der Waals surface area contributed by atoms with E-state index in [2.05, 4.69) is 0 Å². The highest BCUT2D eigenvalue weighted by Gasteiger charge is 2.47. The van der Waals surface area contributed by atoms with Crippen LogP contribution in [-0.2, 0) is 23.7 Å². The zero-order valence-electron chi connectivity index (χ0n) is 18.8. The molecule has 200 valence electrons. The molecule has 0 amide bonds. The molecule has 1 aromatic carbocycles. The second-order valence-corrected chi connectivity index (χ2v) is 8.35. The molecule has 0 unspecified atom stereocenters. The van der Waals surface area contributed by atoms with Crippen LogP contribution in [0.4, 0.5) is 0 Å². The fraction of sp³-hybridized carbons (Fsp3) is 0.714. The first-order chi connectivity index (χ1) is 16.6. The Labute approximate surface area is 200 Å². The van der Waals surface area contributed by atoms with Crippen molar-refractivity contribution in [1.82, 2.24) is 0 Å². The molecule has 2 aliphatic rings. The maximum absolute atomic E-state index is 10.3. The number of methoxy groups -OCH3 is 1. The van der Waals surface area contributed by atoms with Gasteiger partial charge in [-0.2, -0.15) is 0 Å². The largest absolute Gasteiger partial charge is 0.504 e. The molecule has 14 nitrogen and oxygen atoms in total. The molecule has 0 radical (unpaired) electrons. The van der Waals surface area contributed by atoms with Gasteiger partial charge in [0, 0.05) is 7.11 Å².